The smallest absolute Gasteiger partial charge is 0.137 e. The first-order chi connectivity index (χ1) is 9.29. The molecular formula is C16H15NO2. The molecule has 0 N–H and O–H groups in total. The number of benzene rings is 1. The van der Waals surface area contributed by atoms with Crippen LogP contribution in [0.3, 0.4) is 0 Å². The van der Waals surface area contributed by atoms with Crippen LogP contribution in [0.4, 0.5) is 0 Å². The van der Waals surface area contributed by atoms with E-state index in [0.29, 0.717) is 0 Å². The molecule has 0 amide bonds. The van der Waals surface area contributed by atoms with Gasteiger partial charge in [-0.1, -0.05) is 18.2 Å². The van der Waals surface area contributed by atoms with E-state index in [1.165, 1.54) is 0 Å². The molecule has 3 aromatic rings. The molecule has 0 radical (unpaired) electrons. The van der Waals surface area contributed by atoms with E-state index in [1.807, 2.05) is 25.1 Å². The maximum Gasteiger partial charge on any atom is 0.137 e. The first-order valence-corrected chi connectivity index (χ1v) is 6.25. The zero-order chi connectivity index (χ0) is 13.2. The van der Waals surface area contributed by atoms with E-state index < -0.39 is 0 Å². The molecule has 0 aliphatic rings. The van der Waals surface area contributed by atoms with Crippen LogP contribution in [0.5, 0.6) is 0 Å². The fourth-order valence-corrected chi connectivity index (χ4v) is 2.20. The van der Waals surface area contributed by atoms with E-state index in [0.717, 1.165) is 27.8 Å². The predicted octanol–water partition coefficient (Wildman–Crippen LogP) is 4.20. The van der Waals surface area contributed by atoms with Crippen LogP contribution in [-0.2, 0) is 4.74 Å². The number of fused-ring (bicyclic) bond motifs is 1. The Bertz CT molecular complexity index is 703. The SMILES string of the molecule is COC(C)c1cccc(-c2nccc3occc23)c1. The minimum atomic E-state index is 0.0727. The zero-order valence-corrected chi connectivity index (χ0v) is 11.0. The molecule has 0 spiro atoms. The average Bonchev–Trinajstić information content (AvgIpc) is 2.94. The summed E-state index contributed by atoms with van der Waals surface area (Å²) in [6.07, 6.45) is 3.54. The van der Waals surface area contributed by atoms with Crippen LogP contribution < -0.4 is 0 Å². The number of methoxy groups -OCH3 is 1. The molecule has 1 unspecified atom stereocenters. The topological polar surface area (TPSA) is 35.3 Å². The van der Waals surface area contributed by atoms with Crippen molar-refractivity contribution < 1.29 is 9.15 Å². The van der Waals surface area contributed by atoms with Crippen molar-refractivity contribution in [1.82, 2.24) is 4.98 Å². The van der Waals surface area contributed by atoms with Gasteiger partial charge in [-0.25, -0.2) is 0 Å². The average molecular weight is 253 g/mol. The molecule has 19 heavy (non-hydrogen) atoms. The molecule has 96 valence electrons. The highest BCUT2D eigenvalue weighted by atomic mass is 16.5. The quantitative estimate of drug-likeness (QED) is 0.701. The first kappa shape index (κ1) is 11.9. The number of rotatable bonds is 3. The number of pyridine rings is 1. The molecule has 2 heterocycles. The van der Waals surface area contributed by atoms with E-state index >= 15 is 0 Å². The maximum atomic E-state index is 5.41. The third-order valence-electron chi connectivity index (χ3n) is 3.36. The van der Waals surface area contributed by atoms with Crippen LogP contribution in [-0.4, -0.2) is 12.1 Å². The minimum absolute atomic E-state index is 0.0727. The Morgan fingerprint density at radius 2 is 2.11 bits per heavy atom. The van der Waals surface area contributed by atoms with Gasteiger partial charge in [-0.2, -0.15) is 0 Å². The van der Waals surface area contributed by atoms with Crippen molar-refractivity contribution in [2.45, 2.75) is 13.0 Å². The van der Waals surface area contributed by atoms with Crippen LogP contribution >= 0.6 is 0 Å². The summed E-state index contributed by atoms with van der Waals surface area (Å²) < 4.78 is 10.8. The monoisotopic (exact) mass is 253 g/mol. The van der Waals surface area contributed by atoms with Gasteiger partial charge in [0.1, 0.15) is 5.58 Å². The molecule has 2 aromatic heterocycles. The first-order valence-electron chi connectivity index (χ1n) is 6.25. The summed E-state index contributed by atoms with van der Waals surface area (Å²) in [4.78, 5) is 4.47. The van der Waals surface area contributed by atoms with Crippen LogP contribution in [0.25, 0.3) is 22.2 Å². The second-order valence-electron chi connectivity index (χ2n) is 4.50. The highest BCUT2D eigenvalue weighted by Crippen LogP contribution is 2.29. The Morgan fingerprint density at radius 3 is 2.95 bits per heavy atom. The molecule has 0 aliphatic carbocycles. The van der Waals surface area contributed by atoms with Gasteiger partial charge in [0.2, 0.25) is 0 Å². The fourth-order valence-electron chi connectivity index (χ4n) is 2.20. The van der Waals surface area contributed by atoms with E-state index in [-0.39, 0.29) is 6.10 Å². The molecule has 1 atom stereocenters. The number of hydrogen-bond donors (Lipinski definition) is 0. The Hall–Kier alpha value is -2.13. The van der Waals surface area contributed by atoms with Gasteiger partial charge >= 0.3 is 0 Å². The van der Waals surface area contributed by atoms with Crippen molar-refractivity contribution in [3.05, 3.63) is 54.4 Å². The molecule has 3 nitrogen and oxygen atoms in total. The number of furan rings is 1. The molecular weight excluding hydrogens is 238 g/mol. The van der Waals surface area contributed by atoms with Crippen molar-refractivity contribution >= 4 is 11.0 Å². The number of hydrogen-bond acceptors (Lipinski definition) is 3. The van der Waals surface area contributed by atoms with Crippen LogP contribution in [0.2, 0.25) is 0 Å². The molecule has 1 aromatic carbocycles. The zero-order valence-electron chi connectivity index (χ0n) is 11.0. The lowest BCUT2D eigenvalue weighted by Crippen LogP contribution is -1.96. The molecule has 0 bridgehead atoms. The lowest BCUT2D eigenvalue weighted by atomic mass is 10.0. The van der Waals surface area contributed by atoms with Crippen molar-refractivity contribution in [2.75, 3.05) is 7.11 Å². The highest BCUT2D eigenvalue weighted by molar-refractivity contribution is 5.91. The molecule has 0 saturated carbocycles. The summed E-state index contributed by atoms with van der Waals surface area (Å²) in [7, 11) is 1.71. The van der Waals surface area contributed by atoms with E-state index in [2.05, 4.69) is 23.2 Å². The number of aromatic nitrogens is 1. The Balaban J connectivity index is 2.14. The third-order valence-corrected chi connectivity index (χ3v) is 3.36. The van der Waals surface area contributed by atoms with Gasteiger partial charge in [-0.15, -0.1) is 0 Å². The lowest BCUT2D eigenvalue weighted by molar-refractivity contribution is 0.119. The van der Waals surface area contributed by atoms with Gasteiger partial charge in [0, 0.05) is 24.3 Å². The van der Waals surface area contributed by atoms with Crippen LogP contribution in [0.15, 0.2) is 53.3 Å². The summed E-state index contributed by atoms with van der Waals surface area (Å²) in [6, 6.07) is 12.1. The Kier molecular flexibility index (Phi) is 3.05. The second kappa shape index (κ2) is 4.86. The standard InChI is InChI=1S/C16H15NO2/c1-11(18-2)12-4-3-5-13(10-12)16-14-7-9-19-15(14)6-8-17-16/h3-11H,1-2H3. The maximum absolute atomic E-state index is 5.41. The van der Waals surface area contributed by atoms with Gasteiger partial charge in [-0.05, 0) is 30.7 Å². The van der Waals surface area contributed by atoms with Crippen molar-refractivity contribution in [1.29, 1.82) is 0 Å². The fraction of sp³-hybridized carbons (Fsp3) is 0.188. The predicted molar refractivity (Wildman–Crippen MR) is 74.9 cm³/mol. The van der Waals surface area contributed by atoms with Gasteiger partial charge in [0.15, 0.2) is 0 Å². The van der Waals surface area contributed by atoms with Gasteiger partial charge < -0.3 is 9.15 Å². The van der Waals surface area contributed by atoms with E-state index in [9.17, 15) is 0 Å². The third kappa shape index (κ3) is 2.13. The van der Waals surface area contributed by atoms with Crippen molar-refractivity contribution in [3.8, 4) is 11.3 Å². The normalized spacial score (nSPS) is 12.7. The van der Waals surface area contributed by atoms with Crippen LogP contribution in [0.1, 0.15) is 18.6 Å². The number of nitrogens with zero attached hydrogens (tertiary/aromatic N) is 1. The largest absolute Gasteiger partial charge is 0.464 e. The van der Waals surface area contributed by atoms with Crippen LogP contribution in [0, 0.1) is 0 Å². The second-order valence-corrected chi connectivity index (χ2v) is 4.50. The highest BCUT2D eigenvalue weighted by Gasteiger charge is 2.10. The molecule has 0 fully saturated rings. The molecule has 3 rings (SSSR count). The molecule has 3 heteroatoms. The summed E-state index contributed by atoms with van der Waals surface area (Å²) in [6.45, 7) is 2.03. The van der Waals surface area contributed by atoms with E-state index in [1.54, 1.807) is 19.6 Å². The number of ether oxygens (including phenoxy) is 1. The summed E-state index contributed by atoms with van der Waals surface area (Å²) in [5.74, 6) is 0. The summed E-state index contributed by atoms with van der Waals surface area (Å²) >= 11 is 0. The minimum Gasteiger partial charge on any atom is -0.464 e. The summed E-state index contributed by atoms with van der Waals surface area (Å²) in [5, 5.41) is 1.03. The molecule has 0 saturated heterocycles. The summed E-state index contributed by atoms with van der Waals surface area (Å²) in [5.41, 5.74) is 4.02. The Labute approximate surface area is 111 Å². The van der Waals surface area contributed by atoms with Crippen molar-refractivity contribution in [2.24, 2.45) is 0 Å². The van der Waals surface area contributed by atoms with E-state index in [4.69, 9.17) is 9.15 Å². The van der Waals surface area contributed by atoms with Gasteiger partial charge in [0.25, 0.3) is 0 Å². The lowest BCUT2D eigenvalue weighted by Gasteiger charge is -2.11. The van der Waals surface area contributed by atoms with Gasteiger partial charge in [-0.3, -0.25) is 4.98 Å². The Morgan fingerprint density at radius 1 is 1.21 bits per heavy atom. The van der Waals surface area contributed by atoms with Gasteiger partial charge in [0.05, 0.1) is 18.1 Å². The molecule has 0 aliphatic heterocycles. The van der Waals surface area contributed by atoms with Crippen molar-refractivity contribution in [3.63, 3.8) is 0 Å².